The van der Waals surface area contributed by atoms with Gasteiger partial charge >= 0.3 is 0 Å². The Labute approximate surface area is 98.1 Å². The summed E-state index contributed by atoms with van der Waals surface area (Å²) in [7, 11) is -3.82. The summed E-state index contributed by atoms with van der Waals surface area (Å²) in [6, 6.07) is 5.11. The summed E-state index contributed by atoms with van der Waals surface area (Å²) in [6.07, 6.45) is 0.832. The molecule has 0 aliphatic rings. The number of hydrogen-bond donors (Lipinski definition) is 0. The van der Waals surface area contributed by atoms with Gasteiger partial charge in [-0.2, -0.15) is 0 Å². The molecule has 0 aliphatic heterocycles. The fraction of sp³-hybridized carbons (Fsp3) is 0.300. The van der Waals surface area contributed by atoms with Crippen LogP contribution in [0.4, 0.5) is 4.39 Å². The molecule has 0 aliphatic carbocycles. The van der Waals surface area contributed by atoms with Crippen molar-refractivity contribution in [2.75, 3.05) is 6.26 Å². The average Bonchev–Trinajstić information content (AvgIpc) is 2.15. The summed E-state index contributed by atoms with van der Waals surface area (Å²) in [5.74, 6) is -1.75. The molecular weight excluding hydrogens is 255 g/mol. The number of alkyl halides is 1. The van der Waals surface area contributed by atoms with Crippen LogP contribution in [0, 0.1) is 5.82 Å². The van der Waals surface area contributed by atoms with Gasteiger partial charge in [-0.1, -0.05) is 23.7 Å². The smallest absolute Gasteiger partial charge is 0.204 e. The minimum Gasteiger partial charge on any atom is -0.291 e. The molecule has 0 amide bonds. The fourth-order valence-corrected chi connectivity index (χ4v) is 1.60. The van der Waals surface area contributed by atoms with Crippen molar-refractivity contribution >= 4 is 27.2 Å². The second-order valence-corrected chi connectivity index (χ2v) is 6.84. The molecule has 1 rings (SSSR count). The second-order valence-electron chi connectivity index (χ2n) is 3.50. The summed E-state index contributed by atoms with van der Waals surface area (Å²) < 4.78 is 33.7. The molecular formula is C10H10ClFO3S. The first kappa shape index (κ1) is 13.1. The zero-order chi connectivity index (χ0) is 12.6. The van der Waals surface area contributed by atoms with Gasteiger partial charge in [0.25, 0.3) is 0 Å². The van der Waals surface area contributed by atoms with E-state index in [1.165, 1.54) is 18.2 Å². The molecule has 6 heteroatoms. The van der Waals surface area contributed by atoms with Crippen LogP contribution in [-0.4, -0.2) is 24.7 Å². The van der Waals surface area contributed by atoms with Crippen LogP contribution in [0.3, 0.4) is 0 Å². The van der Waals surface area contributed by atoms with Crippen molar-refractivity contribution < 1.29 is 17.6 Å². The van der Waals surface area contributed by atoms with Crippen molar-refractivity contribution in [2.45, 2.75) is 11.1 Å². The van der Waals surface area contributed by atoms with E-state index >= 15 is 0 Å². The highest BCUT2D eigenvalue weighted by atomic mass is 35.5. The van der Waals surface area contributed by atoms with Gasteiger partial charge in [0.2, 0.25) is 9.99 Å². The van der Waals surface area contributed by atoms with E-state index in [9.17, 15) is 17.6 Å². The quantitative estimate of drug-likeness (QED) is 0.620. The summed E-state index contributed by atoms with van der Waals surface area (Å²) in [5.41, 5.74) is -0.328. The van der Waals surface area contributed by atoms with E-state index in [-0.39, 0.29) is 5.56 Å². The van der Waals surface area contributed by atoms with Crippen LogP contribution in [0.25, 0.3) is 0 Å². The maximum atomic E-state index is 13.3. The number of carbonyl (C=O) groups excluding carboxylic acids is 1. The fourth-order valence-electron chi connectivity index (χ4n) is 1.05. The van der Waals surface area contributed by atoms with Gasteiger partial charge in [0, 0.05) is 6.26 Å². The lowest BCUT2D eigenvalue weighted by Gasteiger charge is -2.18. The number of halogens is 2. The Morgan fingerprint density at radius 1 is 1.38 bits per heavy atom. The van der Waals surface area contributed by atoms with Gasteiger partial charge in [0.05, 0.1) is 5.56 Å². The lowest BCUT2D eigenvalue weighted by Crippen LogP contribution is -2.37. The van der Waals surface area contributed by atoms with E-state index < -0.39 is 25.6 Å². The second kappa shape index (κ2) is 4.14. The molecule has 88 valence electrons. The van der Waals surface area contributed by atoms with Gasteiger partial charge in [-0.05, 0) is 19.1 Å². The highest BCUT2D eigenvalue weighted by Crippen LogP contribution is 2.27. The van der Waals surface area contributed by atoms with Gasteiger partial charge in [-0.15, -0.1) is 0 Å². The molecule has 3 nitrogen and oxygen atoms in total. The van der Waals surface area contributed by atoms with Gasteiger partial charge in [0.1, 0.15) is 5.82 Å². The molecule has 0 bridgehead atoms. The summed E-state index contributed by atoms with van der Waals surface area (Å²) >= 11 is 5.67. The SMILES string of the molecule is C[C@@](Cl)(C(=O)c1ccccc1F)S(C)(=O)=O. The van der Waals surface area contributed by atoms with E-state index in [0.29, 0.717) is 0 Å². The van der Waals surface area contributed by atoms with E-state index in [1.54, 1.807) is 0 Å². The van der Waals surface area contributed by atoms with Crippen molar-refractivity contribution in [3.05, 3.63) is 35.6 Å². The summed E-state index contributed by atoms with van der Waals surface area (Å²) in [5, 5.41) is 0. The Balaban J connectivity index is 3.29. The molecule has 1 aromatic rings. The standard InChI is InChI=1S/C10H10ClFO3S/c1-10(11,16(2,14)15)9(13)7-5-3-4-6-8(7)12/h3-6H,1-2H3/t10-/m0/s1. The van der Waals surface area contributed by atoms with Gasteiger partial charge in [0.15, 0.2) is 9.84 Å². The molecule has 16 heavy (non-hydrogen) atoms. The molecule has 0 heterocycles. The van der Waals surface area contributed by atoms with Crippen LogP contribution >= 0.6 is 11.6 Å². The highest BCUT2D eigenvalue weighted by molar-refractivity contribution is 7.94. The third kappa shape index (κ3) is 2.25. The number of Topliss-reactive ketones (excluding diaryl/α,β-unsaturated/α-hetero) is 1. The van der Waals surface area contributed by atoms with Crippen LogP contribution in [-0.2, 0) is 9.84 Å². The Bertz CT molecular complexity index is 523. The minimum absolute atomic E-state index is 0.328. The van der Waals surface area contributed by atoms with Crippen LogP contribution in [0.1, 0.15) is 17.3 Å². The third-order valence-corrected chi connectivity index (χ3v) is 4.81. The van der Waals surface area contributed by atoms with Gasteiger partial charge in [-0.25, -0.2) is 12.8 Å². The van der Waals surface area contributed by atoms with Gasteiger partial charge in [-0.3, -0.25) is 4.79 Å². The minimum atomic E-state index is -3.82. The molecule has 0 aromatic heterocycles. The predicted molar refractivity (Wildman–Crippen MR) is 59.8 cm³/mol. The molecule has 0 radical (unpaired) electrons. The molecule has 0 spiro atoms. The van der Waals surface area contributed by atoms with Crippen molar-refractivity contribution in [3.8, 4) is 0 Å². The molecule has 0 saturated heterocycles. The van der Waals surface area contributed by atoms with Crippen molar-refractivity contribution in [3.63, 3.8) is 0 Å². The Morgan fingerprint density at radius 2 is 1.88 bits per heavy atom. The van der Waals surface area contributed by atoms with Crippen LogP contribution in [0.2, 0.25) is 0 Å². The predicted octanol–water partition coefficient (Wildman–Crippen LogP) is 2.01. The van der Waals surface area contributed by atoms with E-state index in [0.717, 1.165) is 19.2 Å². The third-order valence-electron chi connectivity index (χ3n) is 2.22. The zero-order valence-corrected chi connectivity index (χ0v) is 10.3. The normalized spacial score (nSPS) is 15.5. The topological polar surface area (TPSA) is 51.2 Å². The van der Waals surface area contributed by atoms with E-state index in [1.807, 2.05) is 0 Å². The molecule has 0 unspecified atom stereocenters. The number of hydrogen-bond acceptors (Lipinski definition) is 3. The lowest BCUT2D eigenvalue weighted by atomic mass is 10.1. The van der Waals surface area contributed by atoms with Crippen LogP contribution in [0.15, 0.2) is 24.3 Å². The number of ketones is 1. The number of carbonyl (C=O) groups is 1. The zero-order valence-electron chi connectivity index (χ0n) is 8.70. The first-order chi connectivity index (χ1) is 7.18. The highest BCUT2D eigenvalue weighted by Gasteiger charge is 2.42. The first-order valence-corrected chi connectivity index (χ1v) is 6.62. The Hall–Kier alpha value is -0.940. The number of benzene rings is 1. The van der Waals surface area contributed by atoms with Crippen molar-refractivity contribution in [1.29, 1.82) is 0 Å². The number of rotatable bonds is 3. The largest absolute Gasteiger partial charge is 0.291 e. The Morgan fingerprint density at radius 3 is 2.31 bits per heavy atom. The molecule has 0 saturated carbocycles. The molecule has 0 fully saturated rings. The Kier molecular flexibility index (Phi) is 3.40. The molecule has 1 atom stereocenters. The molecule has 0 N–H and O–H groups in total. The van der Waals surface area contributed by atoms with Crippen molar-refractivity contribution in [1.82, 2.24) is 0 Å². The maximum Gasteiger partial charge on any atom is 0.204 e. The lowest BCUT2D eigenvalue weighted by molar-refractivity contribution is 0.0974. The monoisotopic (exact) mass is 264 g/mol. The first-order valence-electron chi connectivity index (χ1n) is 4.36. The van der Waals surface area contributed by atoms with Gasteiger partial charge < -0.3 is 0 Å². The average molecular weight is 265 g/mol. The van der Waals surface area contributed by atoms with E-state index in [2.05, 4.69) is 0 Å². The van der Waals surface area contributed by atoms with Crippen LogP contribution in [0.5, 0.6) is 0 Å². The van der Waals surface area contributed by atoms with Crippen molar-refractivity contribution in [2.24, 2.45) is 0 Å². The van der Waals surface area contributed by atoms with Crippen LogP contribution < -0.4 is 0 Å². The maximum absolute atomic E-state index is 13.3. The number of sulfone groups is 1. The van der Waals surface area contributed by atoms with E-state index in [4.69, 9.17) is 11.6 Å². The summed E-state index contributed by atoms with van der Waals surface area (Å²) in [4.78, 5) is 11.8. The molecule has 1 aromatic carbocycles. The summed E-state index contributed by atoms with van der Waals surface area (Å²) in [6.45, 7) is 1.04.